The lowest BCUT2D eigenvalue weighted by Gasteiger charge is -2.17. The van der Waals surface area contributed by atoms with Crippen LogP contribution in [0.2, 0.25) is 0 Å². The predicted molar refractivity (Wildman–Crippen MR) is 53.9 cm³/mol. The van der Waals surface area contributed by atoms with Crippen molar-refractivity contribution >= 4 is 0 Å². The smallest absolute Gasteiger partial charge is 0.313 e. The fourth-order valence-corrected chi connectivity index (χ4v) is 1.40. The molecule has 7 heteroatoms. The van der Waals surface area contributed by atoms with Crippen molar-refractivity contribution in [2.75, 3.05) is 7.05 Å². The first kappa shape index (κ1) is 14.8. The second kappa shape index (κ2) is 4.79. The summed E-state index contributed by atoms with van der Waals surface area (Å²) >= 11 is 0. The predicted octanol–water partition coefficient (Wildman–Crippen LogP) is 4.00. The largest absolute Gasteiger partial charge is 0.416 e. The molecular formula is C11H11F6N. The van der Waals surface area contributed by atoms with E-state index in [1.54, 1.807) is 0 Å². The summed E-state index contributed by atoms with van der Waals surface area (Å²) in [5.74, 6) is 0. The van der Waals surface area contributed by atoms with Crippen LogP contribution in [0.25, 0.3) is 0 Å². The molecule has 1 nitrogen and oxygen atoms in total. The van der Waals surface area contributed by atoms with E-state index in [0.717, 1.165) is 12.1 Å². The summed E-state index contributed by atoms with van der Waals surface area (Å²) in [7, 11) is 1.46. The van der Waals surface area contributed by atoms with Gasteiger partial charge in [-0.05, 0) is 37.7 Å². The van der Waals surface area contributed by atoms with Crippen LogP contribution in [0.5, 0.6) is 0 Å². The van der Waals surface area contributed by atoms with E-state index in [0.29, 0.717) is 0 Å². The van der Waals surface area contributed by atoms with Crippen LogP contribution in [0.15, 0.2) is 18.2 Å². The highest BCUT2D eigenvalue weighted by atomic mass is 19.4. The van der Waals surface area contributed by atoms with E-state index in [1.807, 2.05) is 0 Å². The maximum absolute atomic E-state index is 12.5. The van der Waals surface area contributed by atoms with E-state index in [1.165, 1.54) is 14.0 Å². The molecule has 0 aliphatic heterocycles. The molecule has 0 aromatic heterocycles. The molecule has 1 aromatic rings. The Morgan fingerprint density at radius 1 is 0.889 bits per heavy atom. The van der Waals surface area contributed by atoms with Gasteiger partial charge in [0.15, 0.2) is 0 Å². The van der Waals surface area contributed by atoms with E-state index in [4.69, 9.17) is 0 Å². The van der Waals surface area contributed by atoms with Crippen LogP contribution in [0.1, 0.15) is 29.7 Å². The summed E-state index contributed by atoms with van der Waals surface area (Å²) < 4.78 is 75.1. The van der Waals surface area contributed by atoms with Gasteiger partial charge in [0, 0.05) is 6.04 Å². The molecule has 1 rings (SSSR count). The number of rotatable bonds is 2. The number of hydrogen-bond acceptors (Lipinski definition) is 1. The molecule has 102 valence electrons. The normalized spacial score (nSPS) is 14.7. The van der Waals surface area contributed by atoms with Crippen molar-refractivity contribution in [3.05, 3.63) is 34.9 Å². The molecule has 0 aliphatic rings. The fourth-order valence-electron chi connectivity index (χ4n) is 1.40. The first-order valence-electron chi connectivity index (χ1n) is 5.02. The molecule has 0 heterocycles. The quantitative estimate of drug-likeness (QED) is 0.801. The Kier molecular flexibility index (Phi) is 3.95. The minimum absolute atomic E-state index is 0.0559. The van der Waals surface area contributed by atoms with Gasteiger partial charge in [0.1, 0.15) is 0 Å². The van der Waals surface area contributed by atoms with Gasteiger partial charge in [-0.2, -0.15) is 26.3 Å². The van der Waals surface area contributed by atoms with Crippen LogP contribution >= 0.6 is 0 Å². The Balaban J connectivity index is 3.39. The van der Waals surface area contributed by atoms with Crippen molar-refractivity contribution in [1.82, 2.24) is 5.32 Å². The van der Waals surface area contributed by atoms with E-state index in [-0.39, 0.29) is 11.6 Å². The lowest BCUT2D eigenvalue weighted by molar-refractivity contribution is -0.143. The van der Waals surface area contributed by atoms with Gasteiger partial charge in [0.25, 0.3) is 0 Å². The third-order valence-electron chi connectivity index (χ3n) is 2.54. The van der Waals surface area contributed by atoms with Gasteiger partial charge in [-0.3, -0.25) is 0 Å². The fraction of sp³-hybridized carbons (Fsp3) is 0.455. The lowest BCUT2D eigenvalue weighted by atomic mass is 10.0. The zero-order valence-corrected chi connectivity index (χ0v) is 9.58. The van der Waals surface area contributed by atoms with Gasteiger partial charge in [-0.25, -0.2) is 0 Å². The summed E-state index contributed by atoms with van der Waals surface area (Å²) in [5, 5.41) is 2.60. The number of nitrogens with one attached hydrogen (secondary N) is 1. The molecular weight excluding hydrogens is 260 g/mol. The van der Waals surface area contributed by atoms with Gasteiger partial charge in [-0.1, -0.05) is 0 Å². The topological polar surface area (TPSA) is 12.0 Å². The van der Waals surface area contributed by atoms with E-state index >= 15 is 0 Å². The van der Waals surface area contributed by atoms with Gasteiger partial charge >= 0.3 is 12.4 Å². The SMILES string of the molecule is CN[C@H](C)c1cc(C(F)(F)F)cc(C(F)(F)F)c1. The summed E-state index contributed by atoms with van der Waals surface area (Å²) in [5.41, 5.74) is -2.65. The average Bonchev–Trinajstić information content (AvgIpc) is 2.25. The van der Waals surface area contributed by atoms with E-state index in [2.05, 4.69) is 5.32 Å². The van der Waals surface area contributed by atoms with Crippen molar-refractivity contribution in [2.45, 2.75) is 25.3 Å². The summed E-state index contributed by atoms with van der Waals surface area (Å²) in [6.07, 6.45) is -9.60. The molecule has 18 heavy (non-hydrogen) atoms. The number of alkyl halides is 6. The Morgan fingerprint density at radius 2 is 1.28 bits per heavy atom. The van der Waals surface area contributed by atoms with Crippen LogP contribution in [-0.4, -0.2) is 7.05 Å². The Labute approximate surface area is 99.8 Å². The summed E-state index contributed by atoms with van der Waals surface area (Å²) in [6, 6.07) is 0.951. The van der Waals surface area contributed by atoms with Crippen molar-refractivity contribution in [3.63, 3.8) is 0 Å². The molecule has 0 aliphatic carbocycles. The Bertz CT molecular complexity index is 388. The zero-order valence-electron chi connectivity index (χ0n) is 9.58. The standard InChI is InChI=1S/C11H11F6N/c1-6(18-2)7-3-8(10(12,13)14)5-9(4-7)11(15,16)17/h3-6,18H,1-2H3/t6-/m1/s1. The van der Waals surface area contributed by atoms with Gasteiger partial charge in [0.2, 0.25) is 0 Å². The number of benzene rings is 1. The molecule has 0 spiro atoms. The molecule has 1 atom stereocenters. The van der Waals surface area contributed by atoms with Crippen molar-refractivity contribution in [2.24, 2.45) is 0 Å². The highest BCUT2D eigenvalue weighted by Gasteiger charge is 2.37. The van der Waals surface area contributed by atoms with Crippen molar-refractivity contribution in [1.29, 1.82) is 0 Å². The highest BCUT2D eigenvalue weighted by molar-refractivity contribution is 5.35. The molecule has 0 saturated heterocycles. The monoisotopic (exact) mass is 271 g/mol. The van der Waals surface area contributed by atoms with Gasteiger partial charge in [-0.15, -0.1) is 0 Å². The summed E-state index contributed by atoms with van der Waals surface area (Å²) in [6.45, 7) is 1.48. The average molecular weight is 271 g/mol. The minimum atomic E-state index is -4.80. The molecule has 0 bridgehead atoms. The molecule has 0 radical (unpaired) electrons. The third-order valence-corrected chi connectivity index (χ3v) is 2.54. The molecule has 1 N–H and O–H groups in total. The van der Waals surface area contributed by atoms with Crippen LogP contribution in [0.4, 0.5) is 26.3 Å². The van der Waals surface area contributed by atoms with Gasteiger partial charge in [0.05, 0.1) is 11.1 Å². The molecule has 0 unspecified atom stereocenters. The Hall–Kier alpha value is -1.24. The second-order valence-corrected chi connectivity index (χ2v) is 3.85. The maximum atomic E-state index is 12.5. The zero-order chi connectivity index (χ0) is 14.1. The van der Waals surface area contributed by atoms with Crippen LogP contribution in [0, 0.1) is 0 Å². The van der Waals surface area contributed by atoms with Crippen LogP contribution < -0.4 is 5.32 Å². The first-order valence-corrected chi connectivity index (χ1v) is 5.02. The van der Waals surface area contributed by atoms with Crippen molar-refractivity contribution < 1.29 is 26.3 Å². The van der Waals surface area contributed by atoms with Crippen LogP contribution in [0.3, 0.4) is 0 Å². The Morgan fingerprint density at radius 3 is 1.56 bits per heavy atom. The number of hydrogen-bond donors (Lipinski definition) is 1. The number of halogens is 6. The summed E-state index contributed by atoms with van der Waals surface area (Å²) in [4.78, 5) is 0. The van der Waals surface area contributed by atoms with E-state index in [9.17, 15) is 26.3 Å². The molecule has 0 amide bonds. The molecule has 0 saturated carbocycles. The maximum Gasteiger partial charge on any atom is 0.416 e. The third kappa shape index (κ3) is 3.38. The van der Waals surface area contributed by atoms with Gasteiger partial charge < -0.3 is 5.32 Å². The highest BCUT2D eigenvalue weighted by Crippen LogP contribution is 2.37. The van der Waals surface area contributed by atoms with Crippen molar-refractivity contribution in [3.8, 4) is 0 Å². The van der Waals surface area contributed by atoms with E-state index < -0.39 is 29.5 Å². The molecule has 1 aromatic carbocycles. The molecule has 0 fully saturated rings. The minimum Gasteiger partial charge on any atom is -0.313 e. The van der Waals surface area contributed by atoms with Crippen LogP contribution in [-0.2, 0) is 12.4 Å². The first-order chi connectivity index (χ1) is 8.05. The lowest BCUT2D eigenvalue weighted by Crippen LogP contribution is -2.17. The second-order valence-electron chi connectivity index (χ2n) is 3.85.